The number of likely N-dealkylation sites (N-methyl/N-ethyl adjacent to an activating group) is 1. The number of nitrogens with one attached hydrogen (secondary N) is 2. The summed E-state index contributed by atoms with van der Waals surface area (Å²) in [6.07, 6.45) is 1.62. The number of carbonyl (C=O) groups is 1. The Hall–Kier alpha value is -1.85. The minimum atomic E-state index is -3.97. The van der Waals surface area contributed by atoms with Crippen molar-refractivity contribution in [1.82, 2.24) is 10.6 Å². The third kappa shape index (κ3) is 6.34. The zero-order valence-corrected chi connectivity index (χ0v) is 15.3. The second kappa shape index (κ2) is 8.31. The summed E-state index contributed by atoms with van der Waals surface area (Å²) in [5.41, 5.74) is -0.00493. The number of ether oxygens (including phenoxy) is 1. The van der Waals surface area contributed by atoms with E-state index in [1.807, 2.05) is 0 Å². The second-order valence-corrected chi connectivity index (χ2v) is 8.84. The Morgan fingerprint density at radius 1 is 1.08 bits per heavy atom. The highest BCUT2D eigenvalue weighted by atomic mass is 32.3. The summed E-state index contributed by atoms with van der Waals surface area (Å²) in [5.74, 6) is 0.261. The predicted octanol–water partition coefficient (Wildman–Crippen LogP) is -0.873. The van der Waals surface area contributed by atoms with E-state index in [4.69, 9.17) is 4.74 Å². The summed E-state index contributed by atoms with van der Waals surface area (Å²) in [6, 6.07) is 5.57. The molecule has 136 valence electrons. The van der Waals surface area contributed by atoms with Crippen LogP contribution in [-0.4, -0.2) is 62.0 Å². The molecule has 0 aliphatic rings. The summed E-state index contributed by atoms with van der Waals surface area (Å²) in [6.45, 7) is 0.735. The first kappa shape index (κ1) is 20.2. The van der Waals surface area contributed by atoms with Crippen LogP contribution < -0.4 is 19.1 Å². The smallest absolute Gasteiger partial charge is 0.245 e. The van der Waals surface area contributed by atoms with Gasteiger partial charge in [-0.3, -0.25) is 4.79 Å². The third-order valence-electron chi connectivity index (χ3n) is 2.68. The van der Waals surface area contributed by atoms with Gasteiger partial charge in [0.05, 0.1) is 31.3 Å². The van der Waals surface area contributed by atoms with Crippen LogP contribution in [0.4, 0.5) is 5.69 Å². The molecule has 1 aromatic carbocycles. The second-order valence-electron chi connectivity index (χ2n) is 4.95. The van der Waals surface area contributed by atoms with Gasteiger partial charge in [-0.15, -0.1) is 0 Å². The molecule has 0 saturated heterocycles. The van der Waals surface area contributed by atoms with Crippen molar-refractivity contribution in [3.63, 3.8) is 0 Å². The molecule has 2 N–H and O–H groups in total. The zero-order chi connectivity index (χ0) is 18.4. The van der Waals surface area contributed by atoms with E-state index in [9.17, 15) is 21.6 Å². The van der Waals surface area contributed by atoms with Crippen molar-refractivity contribution in [2.45, 2.75) is 0 Å². The summed E-state index contributed by atoms with van der Waals surface area (Å²) in [5, 5.41) is 5.34. The summed E-state index contributed by atoms with van der Waals surface area (Å²) in [7, 11) is -6.29. The quantitative estimate of drug-likeness (QED) is 0.535. The van der Waals surface area contributed by atoms with Crippen molar-refractivity contribution in [3.8, 4) is 5.75 Å². The van der Waals surface area contributed by atoms with E-state index >= 15 is 0 Å². The number of amides is 1. The van der Waals surface area contributed by atoms with Crippen LogP contribution in [0.15, 0.2) is 24.3 Å². The lowest BCUT2D eigenvalue weighted by Crippen LogP contribution is -2.35. The van der Waals surface area contributed by atoms with Crippen molar-refractivity contribution < 1.29 is 26.4 Å². The van der Waals surface area contributed by atoms with Gasteiger partial charge >= 0.3 is 0 Å². The zero-order valence-electron chi connectivity index (χ0n) is 13.6. The first-order valence-electron chi connectivity index (χ1n) is 6.90. The average molecular weight is 379 g/mol. The van der Waals surface area contributed by atoms with Gasteiger partial charge in [-0.1, -0.05) is 0 Å². The third-order valence-corrected chi connectivity index (χ3v) is 5.93. The summed E-state index contributed by atoms with van der Waals surface area (Å²) in [4.78, 5) is 11.2. The van der Waals surface area contributed by atoms with Gasteiger partial charge in [0.15, 0.2) is 0 Å². The normalized spacial score (nSPS) is 11.8. The molecule has 0 spiro atoms. The number of hydrogen-bond donors (Lipinski definition) is 2. The van der Waals surface area contributed by atoms with Crippen LogP contribution in [0, 0.1) is 0 Å². The number of nitrogens with zero attached hydrogens (tertiary/aromatic N) is 1. The Morgan fingerprint density at radius 3 is 2.08 bits per heavy atom. The number of anilines is 1. The van der Waals surface area contributed by atoms with Gasteiger partial charge in [0.25, 0.3) is 0 Å². The molecule has 1 aromatic rings. The molecule has 0 aromatic heterocycles. The maximum Gasteiger partial charge on any atom is 0.245 e. The molecule has 9 nitrogen and oxygen atoms in total. The maximum atomic E-state index is 11.7. The molecule has 24 heavy (non-hydrogen) atoms. The van der Waals surface area contributed by atoms with Gasteiger partial charge in [-0.05, 0) is 31.3 Å². The molecule has 0 heterocycles. The molecule has 0 aliphatic heterocycles. The highest BCUT2D eigenvalue weighted by Gasteiger charge is 2.27. The minimum absolute atomic E-state index is 0.00493. The minimum Gasteiger partial charge on any atom is -0.492 e. The van der Waals surface area contributed by atoms with Crippen molar-refractivity contribution >= 4 is 31.6 Å². The van der Waals surface area contributed by atoms with Crippen LogP contribution in [0.3, 0.4) is 0 Å². The summed E-state index contributed by atoms with van der Waals surface area (Å²) < 4.78 is 52.4. The van der Waals surface area contributed by atoms with E-state index in [1.165, 1.54) is 24.3 Å². The topological polar surface area (TPSA) is 122 Å². The van der Waals surface area contributed by atoms with Crippen molar-refractivity contribution in [3.05, 3.63) is 24.3 Å². The number of rotatable bonds is 9. The van der Waals surface area contributed by atoms with Gasteiger partial charge in [0, 0.05) is 0 Å². The number of benzene rings is 1. The molecule has 11 heteroatoms. The first-order valence-corrected chi connectivity index (χ1v) is 10.6. The number of hydrogen-bond acceptors (Lipinski definition) is 7. The van der Waals surface area contributed by atoms with E-state index in [0.29, 0.717) is 16.0 Å². The Balaban J connectivity index is 2.70. The molecule has 0 bridgehead atoms. The standard InChI is InChI=1S/C13H21N3O6S2/c1-14-10-13(17)15-8-9-22-12-6-4-11(5-7-12)16(23(2,18)19)24(3,20)21/h4-7,14H,8-10H2,1-3H3,(H,15,17). The van der Waals surface area contributed by atoms with Gasteiger partial charge in [-0.25, -0.2) is 16.8 Å². The molecule has 0 aliphatic carbocycles. The van der Waals surface area contributed by atoms with E-state index < -0.39 is 20.0 Å². The Kier molecular flexibility index (Phi) is 6.99. The fraction of sp³-hybridized carbons (Fsp3) is 0.462. The summed E-state index contributed by atoms with van der Waals surface area (Å²) >= 11 is 0. The van der Waals surface area contributed by atoms with E-state index in [-0.39, 0.29) is 24.7 Å². The Bertz CT molecular complexity index is 727. The van der Waals surface area contributed by atoms with Gasteiger partial charge in [0.1, 0.15) is 12.4 Å². The van der Waals surface area contributed by atoms with E-state index in [1.54, 1.807) is 7.05 Å². The Morgan fingerprint density at radius 2 is 1.62 bits per heavy atom. The van der Waals surface area contributed by atoms with Crippen LogP contribution >= 0.6 is 0 Å². The largest absolute Gasteiger partial charge is 0.492 e. The molecule has 0 unspecified atom stereocenters. The fourth-order valence-corrected chi connectivity index (χ4v) is 4.85. The van der Waals surface area contributed by atoms with Gasteiger partial charge in [0.2, 0.25) is 26.0 Å². The maximum absolute atomic E-state index is 11.7. The monoisotopic (exact) mass is 379 g/mol. The Labute approximate surface area is 142 Å². The van der Waals surface area contributed by atoms with Crippen LogP contribution in [0.25, 0.3) is 0 Å². The van der Waals surface area contributed by atoms with Crippen LogP contribution in [0.2, 0.25) is 0 Å². The number of carbonyl (C=O) groups excluding carboxylic acids is 1. The molecule has 0 fully saturated rings. The number of sulfonamides is 2. The predicted molar refractivity (Wildman–Crippen MR) is 91.0 cm³/mol. The van der Waals surface area contributed by atoms with E-state index in [0.717, 1.165) is 12.5 Å². The van der Waals surface area contributed by atoms with E-state index in [2.05, 4.69) is 10.6 Å². The first-order chi connectivity index (χ1) is 11.1. The molecule has 0 atom stereocenters. The molecule has 1 rings (SSSR count). The lowest BCUT2D eigenvalue weighted by Gasteiger charge is -2.19. The highest BCUT2D eigenvalue weighted by molar-refractivity contribution is 8.09. The average Bonchev–Trinajstić information content (AvgIpc) is 2.42. The van der Waals surface area contributed by atoms with Crippen molar-refractivity contribution in [2.24, 2.45) is 0 Å². The molecule has 1 amide bonds. The lowest BCUT2D eigenvalue weighted by atomic mass is 10.3. The highest BCUT2D eigenvalue weighted by Crippen LogP contribution is 2.23. The van der Waals surface area contributed by atoms with Gasteiger partial charge in [-0.2, -0.15) is 3.71 Å². The van der Waals surface area contributed by atoms with Crippen LogP contribution in [-0.2, 0) is 24.8 Å². The van der Waals surface area contributed by atoms with Crippen LogP contribution in [0.5, 0.6) is 5.75 Å². The van der Waals surface area contributed by atoms with Crippen molar-refractivity contribution in [2.75, 3.05) is 43.0 Å². The molecule has 0 radical (unpaired) electrons. The molecular weight excluding hydrogens is 358 g/mol. The molecule has 0 saturated carbocycles. The fourth-order valence-electron chi connectivity index (χ4n) is 1.88. The van der Waals surface area contributed by atoms with Crippen LogP contribution in [0.1, 0.15) is 0 Å². The van der Waals surface area contributed by atoms with Crippen molar-refractivity contribution in [1.29, 1.82) is 0 Å². The SMILES string of the molecule is CNCC(=O)NCCOc1ccc(N(S(C)(=O)=O)S(C)(=O)=O)cc1. The van der Waals surface area contributed by atoms with Gasteiger partial charge < -0.3 is 15.4 Å². The molecular formula is C13H21N3O6S2. The lowest BCUT2D eigenvalue weighted by molar-refractivity contribution is -0.120.